The minimum atomic E-state index is -4.23. The Bertz CT molecular complexity index is 487. The fourth-order valence-electron chi connectivity index (χ4n) is 2.17. The predicted molar refractivity (Wildman–Crippen MR) is 77.4 cm³/mol. The SMILES string of the molecule is O=C(Nc1ccccc1SCC(F)(F)F)C1CCNCC1. The fourth-order valence-corrected chi connectivity index (χ4v) is 2.94. The number of thioether (sulfide) groups is 1. The van der Waals surface area contributed by atoms with Crippen LogP contribution >= 0.6 is 11.8 Å². The molecule has 0 aromatic heterocycles. The van der Waals surface area contributed by atoms with Crippen LogP contribution in [0.2, 0.25) is 0 Å². The third-order valence-electron chi connectivity index (χ3n) is 3.25. The van der Waals surface area contributed by atoms with Gasteiger partial charge in [0.1, 0.15) is 0 Å². The number of halogens is 3. The number of rotatable bonds is 4. The zero-order valence-electron chi connectivity index (χ0n) is 11.4. The number of amides is 1. The van der Waals surface area contributed by atoms with Gasteiger partial charge in [0.25, 0.3) is 0 Å². The van der Waals surface area contributed by atoms with Gasteiger partial charge in [0.2, 0.25) is 5.91 Å². The topological polar surface area (TPSA) is 41.1 Å². The van der Waals surface area contributed by atoms with Gasteiger partial charge in [-0.3, -0.25) is 4.79 Å². The van der Waals surface area contributed by atoms with Crippen molar-refractivity contribution in [2.24, 2.45) is 5.92 Å². The molecular weight excluding hydrogens is 301 g/mol. The van der Waals surface area contributed by atoms with E-state index in [1.165, 1.54) is 0 Å². The number of nitrogens with one attached hydrogen (secondary N) is 2. The van der Waals surface area contributed by atoms with Crippen LogP contribution in [0, 0.1) is 5.92 Å². The van der Waals surface area contributed by atoms with Gasteiger partial charge in [-0.1, -0.05) is 12.1 Å². The highest BCUT2D eigenvalue weighted by Crippen LogP contribution is 2.32. The maximum absolute atomic E-state index is 12.3. The van der Waals surface area contributed by atoms with Gasteiger partial charge in [-0.2, -0.15) is 13.2 Å². The van der Waals surface area contributed by atoms with Crippen molar-refractivity contribution >= 4 is 23.4 Å². The highest BCUT2D eigenvalue weighted by atomic mass is 32.2. The van der Waals surface area contributed by atoms with E-state index in [1.807, 2.05) is 0 Å². The lowest BCUT2D eigenvalue weighted by molar-refractivity contribution is -0.120. The highest BCUT2D eigenvalue weighted by Gasteiger charge is 2.28. The molecule has 1 aromatic carbocycles. The molecular formula is C14H17F3N2OS. The number of alkyl halides is 3. The van der Waals surface area contributed by atoms with Gasteiger partial charge in [-0.05, 0) is 38.1 Å². The van der Waals surface area contributed by atoms with E-state index >= 15 is 0 Å². The summed E-state index contributed by atoms with van der Waals surface area (Å²) in [6.45, 7) is 1.59. The third-order valence-corrected chi connectivity index (χ3v) is 4.38. The molecule has 1 heterocycles. The van der Waals surface area contributed by atoms with Crippen LogP contribution in [0.5, 0.6) is 0 Å². The summed E-state index contributed by atoms with van der Waals surface area (Å²) in [5, 5.41) is 5.93. The summed E-state index contributed by atoms with van der Waals surface area (Å²) >= 11 is 0.691. The van der Waals surface area contributed by atoms with E-state index in [1.54, 1.807) is 24.3 Å². The first-order valence-corrected chi connectivity index (χ1v) is 7.74. The number of hydrogen-bond acceptors (Lipinski definition) is 3. The van der Waals surface area contributed by atoms with Crippen molar-refractivity contribution < 1.29 is 18.0 Å². The number of piperidine rings is 1. The second kappa shape index (κ2) is 7.17. The molecule has 1 fully saturated rings. The smallest absolute Gasteiger partial charge is 0.325 e. The van der Waals surface area contributed by atoms with Gasteiger partial charge in [0.05, 0.1) is 11.4 Å². The first-order chi connectivity index (χ1) is 9.96. The van der Waals surface area contributed by atoms with Gasteiger partial charge in [-0.15, -0.1) is 11.8 Å². The number of benzene rings is 1. The minimum absolute atomic E-state index is 0.0769. The van der Waals surface area contributed by atoms with Crippen molar-refractivity contribution in [1.29, 1.82) is 0 Å². The summed E-state index contributed by atoms with van der Waals surface area (Å²) in [7, 11) is 0. The molecule has 7 heteroatoms. The molecule has 3 nitrogen and oxygen atoms in total. The molecule has 0 spiro atoms. The molecule has 2 N–H and O–H groups in total. The van der Waals surface area contributed by atoms with Crippen LogP contribution < -0.4 is 10.6 Å². The van der Waals surface area contributed by atoms with E-state index in [4.69, 9.17) is 0 Å². The monoisotopic (exact) mass is 318 g/mol. The molecule has 1 aliphatic heterocycles. The molecule has 0 aliphatic carbocycles. The van der Waals surface area contributed by atoms with Crippen LogP contribution in [0.1, 0.15) is 12.8 Å². The average Bonchev–Trinajstić information content (AvgIpc) is 2.46. The summed E-state index contributed by atoms with van der Waals surface area (Å²) in [5.74, 6) is -1.16. The first-order valence-electron chi connectivity index (χ1n) is 6.76. The van der Waals surface area contributed by atoms with Gasteiger partial charge in [0.15, 0.2) is 0 Å². The molecule has 1 saturated heterocycles. The highest BCUT2D eigenvalue weighted by molar-refractivity contribution is 7.99. The maximum atomic E-state index is 12.3. The Labute approximate surface area is 125 Å². The predicted octanol–water partition coefficient (Wildman–Crippen LogP) is 3.28. The Morgan fingerprint density at radius 3 is 2.62 bits per heavy atom. The zero-order chi connectivity index (χ0) is 15.3. The van der Waals surface area contributed by atoms with Gasteiger partial charge in [0, 0.05) is 10.8 Å². The van der Waals surface area contributed by atoms with E-state index in [-0.39, 0.29) is 11.8 Å². The second-order valence-corrected chi connectivity index (χ2v) is 5.93. The molecule has 0 atom stereocenters. The molecule has 0 unspecified atom stereocenters. The molecule has 2 rings (SSSR count). The van der Waals surface area contributed by atoms with E-state index in [2.05, 4.69) is 10.6 Å². The van der Waals surface area contributed by atoms with Crippen molar-refractivity contribution in [1.82, 2.24) is 5.32 Å². The van der Waals surface area contributed by atoms with Crippen LogP contribution in [0.3, 0.4) is 0 Å². The minimum Gasteiger partial charge on any atom is -0.325 e. The van der Waals surface area contributed by atoms with Crippen LogP contribution in [0.25, 0.3) is 0 Å². The number of carbonyl (C=O) groups excluding carboxylic acids is 1. The maximum Gasteiger partial charge on any atom is 0.398 e. The largest absolute Gasteiger partial charge is 0.398 e. The fraction of sp³-hybridized carbons (Fsp3) is 0.500. The normalized spacial score (nSPS) is 16.7. The first kappa shape index (κ1) is 16.2. The Morgan fingerprint density at radius 1 is 1.29 bits per heavy atom. The molecule has 0 radical (unpaired) electrons. The molecule has 1 aromatic rings. The average molecular weight is 318 g/mol. The van der Waals surface area contributed by atoms with Crippen LogP contribution in [-0.4, -0.2) is 30.9 Å². The second-order valence-electron chi connectivity index (χ2n) is 4.91. The molecule has 1 amide bonds. The van der Waals surface area contributed by atoms with E-state index < -0.39 is 11.9 Å². The molecule has 0 bridgehead atoms. The number of hydrogen-bond donors (Lipinski definition) is 2. The lowest BCUT2D eigenvalue weighted by Crippen LogP contribution is -2.34. The Balaban J connectivity index is 2.00. The van der Waals surface area contributed by atoms with Gasteiger partial charge < -0.3 is 10.6 Å². The van der Waals surface area contributed by atoms with Crippen molar-refractivity contribution in [2.45, 2.75) is 23.9 Å². The van der Waals surface area contributed by atoms with Gasteiger partial charge in [-0.25, -0.2) is 0 Å². The van der Waals surface area contributed by atoms with Crippen molar-refractivity contribution in [2.75, 3.05) is 24.2 Å². The van der Waals surface area contributed by atoms with Crippen molar-refractivity contribution in [3.8, 4) is 0 Å². The quantitative estimate of drug-likeness (QED) is 0.837. The molecule has 21 heavy (non-hydrogen) atoms. The summed E-state index contributed by atoms with van der Waals surface area (Å²) in [5.41, 5.74) is 0.454. The summed E-state index contributed by atoms with van der Waals surface area (Å²) in [6.07, 6.45) is -2.72. The number of anilines is 1. The van der Waals surface area contributed by atoms with Crippen LogP contribution in [-0.2, 0) is 4.79 Å². The van der Waals surface area contributed by atoms with E-state index in [9.17, 15) is 18.0 Å². The zero-order valence-corrected chi connectivity index (χ0v) is 12.2. The van der Waals surface area contributed by atoms with Crippen molar-refractivity contribution in [3.05, 3.63) is 24.3 Å². The summed E-state index contributed by atoms with van der Waals surface area (Å²) in [6, 6.07) is 6.60. The van der Waals surface area contributed by atoms with E-state index in [0.29, 0.717) is 22.3 Å². The molecule has 1 aliphatic rings. The lowest BCUT2D eigenvalue weighted by atomic mass is 9.97. The summed E-state index contributed by atoms with van der Waals surface area (Å²) in [4.78, 5) is 12.6. The van der Waals surface area contributed by atoms with Crippen LogP contribution in [0.4, 0.5) is 18.9 Å². The summed E-state index contributed by atoms with van der Waals surface area (Å²) < 4.78 is 36.9. The standard InChI is InChI=1S/C14H17F3N2OS/c15-14(16,17)9-21-12-4-2-1-3-11(12)19-13(20)10-5-7-18-8-6-10/h1-4,10,18H,5-9H2,(H,19,20). The molecule has 0 saturated carbocycles. The third kappa shape index (κ3) is 5.24. The Hall–Kier alpha value is -1.21. The number of para-hydroxylation sites is 1. The number of carbonyl (C=O) groups is 1. The van der Waals surface area contributed by atoms with Crippen LogP contribution in [0.15, 0.2) is 29.2 Å². The van der Waals surface area contributed by atoms with E-state index in [0.717, 1.165) is 25.9 Å². The molecule has 116 valence electrons. The Morgan fingerprint density at radius 2 is 1.95 bits per heavy atom. The van der Waals surface area contributed by atoms with Crippen molar-refractivity contribution in [3.63, 3.8) is 0 Å². The lowest BCUT2D eigenvalue weighted by Gasteiger charge is -2.22. The van der Waals surface area contributed by atoms with Gasteiger partial charge >= 0.3 is 6.18 Å². The Kier molecular flexibility index (Phi) is 5.52.